The van der Waals surface area contributed by atoms with Gasteiger partial charge in [0.25, 0.3) is 0 Å². The molecular weight excluding hydrogens is 359 g/mol. The van der Waals surface area contributed by atoms with Gasteiger partial charge in [-0.1, -0.05) is 26.2 Å². The third kappa shape index (κ3) is 8.79. The van der Waals surface area contributed by atoms with Crippen LogP contribution in [0.5, 0.6) is 0 Å². The van der Waals surface area contributed by atoms with Crippen LogP contribution in [-0.2, 0) is 17.7 Å². The first-order valence-electron chi connectivity index (χ1n) is 10.0. The fourth-order valence-electron chi connectivity index (χ4n) is 3.18. The number of hydrogen-bond acceptors (Lipinski definition) is 1. The molecule has 2 N–H and O–H groups in total. The van der Waals surface area contributed by atoms with Gasteiger partial charge in [0.05, 0.1) is 0 Å². The van der Waals surface area contributed by atoms with Crippen molar-refractivity contribution in [3.63, 3.8) is 0 Å². The van der Waals surface area contributed by atoms with Gasteiger partial charge in [-0.2, -0.15) is 0 Å². The number of hydrogen-bond donors (Lipinski definition) is 2. The van der Waals surface area contributed by atoms with Crippen LogP contribution in [0.2, 0.25) is 0 Å². The smallest absolute Gasteiger partial charge is 0.324 e. The van der Waals surface area contributed by atoms with Crippen molar-refractivity contribution in [2.45, 2.75) is 65.0 Å². The van der Waals surface area contributed by atoms with E-state index in [1.54, 1.807) is 0 Å². The number of nitrogens with zero attached hydrogens (tertiary/aromatic N) is 2. The van der Waals surface area contributed by atoms with Crippen LogP contribution in [0.1, 0.15) is 51.9 Å². The minimum atomic E-state index is -3.80. The summed E-state index contributed by atoms with van der Waals surface area (Å²) in [7, 11) is -3.80. The number of aromatic nitrogens is 2. The number of pyridine rings is 2. The molecule has 2 aromatic heterocycles. The van der Waals surface area contributed by atoms with Gasteiger partial charge in [-0.3, -0.25) is 4.57 Å². The molecule has 27 heavy (non-hydrogen) atoms. The Balaban J connectivity index is 1.66. The molecule has 6 heteroatoms. The lowest BCUT2D eigenvalue weighted by atomic mass is 10.1. The second-order valence-electron chi connectivity index (χ2n) is 7.16. The van der Waals surface area contributed by atoms with Gasteiger partial charge < -0.3 is 9.79 Å². The molecule has 0 aromatic carbocycles. The van der Waals surface area contributed by atoms with Gasteiger partial charge in [-0.25, -0.2) is 9.13 Å². The number of unbranched alkanes of at least 4 members (excludes halogenated alkanes) is 5. The molecule has 2 aromatic rings. The highest BCUT2D eigenvalue weighted by Crippen LogP contribution is 2.35. The molecule has 0 aliphatic heterocycles. The summed E-state index contributed by atoms with van der Waals surface area (Å²) >= 11 is 0. The van der Waals surface area contributed by atoms with Crippen molar-refractivity contribution in [3.05, 3.63) is 49.1 Å². The molecule has 0 saturated heterocycles. The minimum absolute atomic E-state index is 0.0230. The normalized spacial score (nSPS) is 11.7. The Labute approximate surface area is 162 Å². The molecule has 148 valence electrons. The summed E-state index contributed by atoms with van der Waals surface area (Å²) in [4.78, 5) is 17.6. The summed E-state index contributed by atoms with van der Waals surface area (Å²) in [6.07, 6.45) is 15.7. The summed E-state index contributed by atoms with van der Waals surface area (Å²) < 4.78 is 15.2. The largest absolute Gasteiger partial charge is 0.325 e. The summed E-state index contributed by atoms with van der Waals surface area (Å²) in [5.74, 6) is 0. The standard InChI is InChI=1S/C21H31N2O3P/c1-2-13-22-15-9-20(10-16-22)21-11-17-23(18-12-21)14-7-5-3-4-6-8-19-27(24,25)26/h9-12,15-18H,2-8,13-14,19H2,1H3/p+2. The molecule has 0 amide bonds. The zero-order valence-corrected chi connectivity index (χ0v) is 17.2. The van der Waals surface area contributed by atoms with E-state index >= 15 is 0 Å². The third-order valence-corrected chi connectivity index (χ3v) is 5.61. The van der Waals surface area contributed by atoms with Crippen molar-refractivity contribution in [1.29, 1.82) is 0 Å². The SMILES string of the molecule is CCC[n+]1ccc(-c2cc[n+](CCCCCCCCP(=O)(O)O)cc2)cc1. The highest BCUT2D eigenvalue weighted by atomic mass is 31.2. The first kappa shape index (κ1) is 21.7. The highest BCUT2D eigenvalue weighted by Gasteiger charge is 2.11. The van der Waals surface area contributed by atoms with Gasteiger partial charge >= 0.3 is 7.60 Å². The average Bonchev–Trinajstić information content (AvgIpc) is 2.64. The fourth-order valence-corrected chi connectivity index (χ4v) is 3.81. The Morgan fingerprint density at radius 2 is 1.19 bits per heavy atom. The van der Waals surface area contributed by atoms with E-state index in [-0.39, 0.29) is 6.16 Å². The molecule has 2 rings (SSSR count). The Bertz CT molecular complexity index is 711. The lowest BCUT2D eigenvalue weighted by Gasteiger charge is -2.03. The fraction of sp³-hybridized carbons (Fsp3) is 0.524. The molecule has 2 heterocycles. The van der Waals surface area contributed by atoms with E-state index in [4.69, 9.17) is 9.79 Å². The predicted molar refractivity (Wildman–Crippen MR) is 107 cm³/mol. The van der Waals surface area contributed by atoms with E-state index in [0.29, 0.717) is 6.42 Å². The van der Waals surface area contributed by atoms with Crippen molar-refractivity contribution in [2.75, 3.05) is 6.16 Å². The van der Waals surface area contributed by atoms with E-state index in [1.165, 1.54) is 11.1 Å². The van der Waals surface area contributed by atoms with Crippen molar-refractivity contribution < 1.29 is 23.5 Å². The van der Waals surface area contributed by atoms with Crippen molar-refractivity contribution in [3.8, 4) is 11.1 Å². The first-order chi connectivity index (χ1) is 13.0. The summed E-state index contributed by atoms with van der Waals surface area (Å²) in [5, 5.41) is 0. The van der Waals surface area contributed by atoms with Gasteiger partial charge in [0.15, 0.2) is 24.8 Å². The van der Waals surface area contributed by atoms with Crippen LogP contribution < -0.4 is 9.13 Å². The van der Waals surface area contributed by atoms with Gasteiger partial charge in [-0.05, 0) is 24.0 Å². The Morgan fingerprint density at radius 1 is 0.741 bits per heavy atom. The second kappa shape index (κ2) is 11.3. The second-order valence-corrected chi connectivity index (χ2v) is 8.94. The summed E-state index contributed by atoms with van der Waals surface area (Å²) in [6, 6.07) is 8.67. The van der Waals surface area contributed by atoms with E-state index in [0.717, 1.165) is 51.6 Å². The van der Waals surface area contributed by atoms with E-state index in [1.807, 2.05) is 0 Å². The molecule has 0 radical (unpaired) electrons. The number of aryl methyl sites for hydroxylation is 2. The maximum absolute atomic E-state index is 10.8. The van der Waals surface area contributed by atoms with Crippen LogP contribution in [0.3, 0.4) is 0 Å². The maximum Gasteiger partial charge on any atom is 0.325 e. The van der Waals surface area contributed by atoms with Gasteiger partial charge in [0.1, 0.15) is 13.1 Å². The van der Waals surface area contributed by atoms with Gasteiger partial charge in [0.2, 0.25) is 0 Å². The molecule has 0 unspecified atom stereocenters. The van der Waals surface area contributed by atoms with Crippen LogP contribution in [0.15, 0.2) is 49.1 Å². The first-order valence-corrected chi connectivity index (χ1v) is 11.8. The van der Waals surface area contributed by atoms with Crippen LogP contribution >= 0.6 is 7.60 Å². The molecule has 0 bridgehead atoms. The highest BCUT2D eigenvalue weighted by molar-refractivity contribution is 7.51. The van der Waals surface area contributed by atoms with Crippen LogP contribution in [0, 0.1) is 0 Å². The van der Waals surface area contributed by atoms with E-state index in [2.05, 4.69) is 65.1 Å². The van der Waals surface area contributed by atoms with Crippen molar-refractivity contribution in [1.82, 2.24) is 0 Å². The lowest BCUT2D eigenvalue weighted by molar-refractivity contribution is -0.697. The van der Waals surface area contributed by atoms with Gasteiger partial charge in [0, 0.05) is 43.3 Å². The van der Waals surface area contributed by atoms with Crippen molar-refractivity contribution in [2.24, 2.45) is 0 Å². The minimum Gasteiger partial charge on any atom is -0.324 e. The maximum atomic E-state index is 10.8. The Morgan fingerprint density at radius 3 is 1.67 bits per heavy atom. The molecular formula is C21H33N2O3P+2. The van der Waals surface area contributed by atoms with Crippen LogP contribution in [0.25, 0.3) is 11.1 Å². The molecule has 0 atom stereocenters. The molecule has 0 aliphatic carbocycles. The van der Waals surface area contributed by atoms with Crippen LogP contribution in [0.4, 0.5) is 0 Å². The summed E-state index contributed by atoms with van der Waals surface area (Å²) in [5.41, 5.74) is 2.48. The zero-order valence-electron chi connectivity index (χ0n) is 16.3. The topological polar surface area (TPSA) is 65.3 Å². The monoisotopic (exact) mass is 392 g/mol. The van der Waals surface area contributed by atoms with Gasteiger partial charge in [-0.15, -0.1) is 0 Å². The van der Waals surface area contributed by atoms with Crippen LogP contribution in [-0.4, -0.2) is 15.9 Å². The molecule has 0 spiro atoms. The molecule has 0 fully saturated rings. The van der Waals surface area contributed by atoms with E-state index in [9.17, 15) is 4.57 Å². The number of rotatable bonds is 12. The molecule has 0 aliphatic rings. The van der Waals surface area contributed by atoms with E-state index < -0.39 is 7.60 Å². The zero-order chi connectivity index (χ0) is 19.5. The Kier molecular flexibility index (Phi) is 9.12. The molecule has 5 nitrogen and oxygen atoms in total. The summed E-state index contributed by atoms with van der Waals surface area (Å²) in [6.45, 7) is 4.25. The predicted octanol–water partition coefficient (Wildman–Crippen LogP) is 3.86. The van der Waals surface area contributed by atoms with Crippen molar-refractivity contribution >= 4 is 7.60 Å². The third-order valence-electron chi connectivity index (χ3n) is 4.71. The lowest BCUT2D eigenvalue weighted by Crippen LogP contribution is -2.32. The Hall–Kier alpha value is -1.55. The molecule has 0 saturated carbocycles. The quantitative estimate of drug-likeness (QED) is 0.328. The average molecular weight is 392 g/mol.